The summed E-state index contributed by atoms with van der Waals surface area (Å²) in [5, 5.41) is 5.78. The summed E-state index contributed by atoms with van der Waals surface area (Å²) < 4.78 is 34.1. The van der Waals surface area contributed by atoms with Crippen LogP contribution in [-0.4, -0.2) is 38.6 Å². The molecule has 0 unspecified atom stereocenters. The minimum Gasteiger partial charge on any atom is -0.497 e. The predicted molar refractivity (Wildman–Crippen MR) is 151 cm³/mol. The summed E-state index contributed by atoms with van der Waals surface area (Å²) in [6.45, 7) is 1.22. The molecule has 4 aromatic rings. The molecule has 0 amide bonds. The highest BCUT2D eigenvalue weighted by atomic mass is 35.5. The first-order valence-electron chi connectivity index (χ1n) is 12.3. The van der Waals surface area contributed by atoms with Crippen molar-refractivity contribution >= 4 is 55.9 Å². The van der Waals surface area contributed by atoms with Gasteiger partial charge in [-0.25, -0.2) is 18.1 Å². The van der Waals surface area contributed by atoms with E-state index in [1.165, 1.54) is 0 Å². The summed E-state index contributed by atoms with van der Waals surface area (Å²) in [6, 6.07) is 18.5. The van der Waals surface area contributed by atoms with Crippen molar-refractivity contribution in [3.05, 3.63) is 60.7 Å². The van der Waals surface area contributed by atoms with Crippen LogP contribution < -0.4 is 20.5 Å². The Hall–Kier alpha value is -3.14. The van der Waals surface area contributed by atoms with E-state index in [1.807, 2.05) is 48.5 Å². The predicted octanol–water partition coefficient (Wildman–Crippen LogP) is 4.99. The van der Waals surface area contributed by atoms with E-state index in [0.717, 1.165) is 59.7 Å². The van der Waals surface area contributed by atoms with Crippen LogP contribution in [0.15, 0.2) is 65.6 Å². The van der Waals surface area contributed by atoms with E-state index in [2.05, 4.69) is 20.0 Å². The Bertz CT molecular complexity index is 1490. The topological polar surface area (TPSA) is 119 Å². The van der Waals surface area contributed by atoms with E-state index in [0.29, 0.717) is 35.0 Å². The molecule has 0 spiro atoms. The maximum absolute atomic E-state index is 13.0. The van der Waals surface area contributed by atoms with Crippen LogP contribution in [0.1, 0.15) is 25.7 Å². The van der Waals surface area contributed by atoms with E-state index in [9.17, 15) is 8.42 Å². The van der Waals surface area contributed by atoms with Crippen molar-refractivity contribution in [3.63, 3.8) is 0 Å². The molecule has 1 aromatic heterocycles. The van der Waals surface area contributed by atoms with E-state index in [1.54, 1.807) is 19.2 Å². The highest BCUT2D eigenvalue weighted by Gasteiger charge is 2.24. The van der Waals surface area contributed by atoms with Gasteiger partial charge in [-0.3, -0.25) is 0 Å². The zero-order chi connectivity index (χ0) is 25.1. The molecule has 0 radical (unpaired) electrons. The molecule has 196 valence electrons. The first kappa shape index (κ1) is 26.9. The summed E-state index contributed by atoms with van der Waals surface area (Å²) in [7, 11) is -1.96. The molecule has 5 rings (SSSR count). The Balaban J connectivity index is 0.00000320. The van der Waals surface area contributed by atoms with Crippen molar-refractivity contribution < 1.29 is 13.2 Å². The minimum absolute atomic E-state index is 0. The largest absolute Gasteiger partial charge is 0.497 e. The highest BCUT2D eigenvalue weighted by Crippen LogP contribution is 2.30. The Morgan fingerprint density at radius 2 is 1.62 bits per heavy atom. The number of nitrogen functional groups attached to an aromatic ring is 1. The molecule has 1 saturated carbocycles. The number of hydrogen-bond acceptors (Lipinski definition) is 7. The molecule has 0 bridgehead atoms. The molecule has 0 saturated heterocycles. The molecule has 37 heavy (non-hydrogen) atoms. The van der Waals surface area contributed by atoms with Crippen molar-refractivity contribution in [2.45, 2.75) is 30.6 Å². The number of methoxy groups -OCH3 is 1. The normalized spacial score (nSPS) is 17.9. The van der Waals surface area contributed by atoms with Gasteiger partial charge < -0.3 is 15.8 Å². The summed E-state index contributed by atoms with van der Waals surface area (Å²) >= 11 is 0. The lowest BCUT2D eigenvalue weighted by molar-refractivity contribution is 0.284. The number of nitrogens with two attached hydrogens (primary N) is 1. The molecular weight excluding hydrogens is 510 g/mol. The van der Waals surface area contributed by atoms with Gasteiger partial charge in [0, 0.05) is 23.9 Å². The van der Waals surface area contributed by atoms with Gasteiger partial charge in [-0.2, -0.15) is 4.98 Å². The Kier molecular flexibility index (Phi) is 8.36. The second kappa shape index (κ2) is 11.5. The molecule has 3 aromatic carbocycles. The fourth-order valence-corrected chi connectivity index (χ4v) is 6.29. The lowest BCUT2D eigenvalue weighted by Gasteiger charge is -2.28. The summed E-state index contributed by atoms with van der Waals surface area (Å²) in [5.74, 6) is 2.47. The Morgan fingerprint density at radius 3 is 2.38 bits per heavy atom. The quantitative estimate of drug-likeness (QED) is 0.287. The number of nitrogens with zero attached hydrogens (tertiary/aromatic N) is 2. The van der Waals surface area contributed by atoms with E-state index in [4.69, 9.17) is 10.5 Å². The van der Waals surface area contributed by atoms with Crippen LogP contribution in [0.4, 0.5) is 11.8 Å². The molecule has 1 aliphatic rings. The maximum atomic E-state index is 13.0. The van der Waals surface area contributed by atoms with Crippen molar-refractivity contribution in [1.82, 2.24) is 14.7 Å². The van der Waals surface area contributed by atoms with Gasteiger partial charge in [0.25, 0.3) is 0 Å². The van der Waals surface area contributed by atoms with E-state index >= 15 is 0 Å². The number of ether oxygens (including phenoxy) is 1. The number of sulfonamides is 1. The third-order valence-corrected chi connectivity index (χ3v) is 8.53. The number of aromatic nitrogens is 2. The zero-order valence-corrected chi connectivity index (χ0v) is 22.3. The fourth-order valence-electron chi connectivity index (χ4n) is 4.95. The van der Waals surface area contributed by atoms with Gasteiger partial charge in [0.2, 0.25) is 16.0 Å². The Morgan fingerprint density at radius 1 is 0.919 bits per heavy atom. The molecule has 1 heterocycles. The molecule has 10 heteroatoms. The van der Waals surface area contributed by atoms with E-state index in [-0.39, 0.29) is 12.4 Å². The van der Waals surface area contributed by atoms with Gasteiger partial charge in [-0.15, -0.1) is 12.4 Å². The van der Waals surface area contributed by atoms with Crippen LogP contribution in [0, 0.1) is 11.8 Å². The number of halogens is 1. The van der Waals surface area contributed by atoms with Gasteiger partial charge in [0.1, 0.15) is 11.6 Å². The molecule has 0 atom stereocenters. The molecule has 1 fully saturated rings. The number of fused-ring (bicyclic) bond motifs is 2. The number of nitrogens with one attached hydrogen (secondary N) is 2. The third kappa shape index (κ3) is 6.06. The van der Waals surface area contributed by atoms with Gasteiger partial charge in [-0.1, -0.05) is 36.4 Å². The van der Waals surface area contributed by atoms with Crippen LogP contribution in [0.3, 0.4) is 0 Å². The van der Waals surface area contributed by atoms with Crippen LogP contribution in [0.5, 0.6) is 5.75 Å². The molecular formula is C27H32ClN5O3S. The smallest absolute Gasteiger partial charge is 0.241 e. The fraction of sp³-hybridized carbons (Fsp3) is 0.333. The van der Waals surface area contributed by atoms with Crippen molar-refractivity contribution in [1.29, 1.82) is 0 Å². The summed E-state index contributed by atoms with van der Waals surface area (Å²) in [6.07, 6.45) is 4.00. The van der Waals surface area contributed by atoms with Gasteiger partial charge >= 0.3 is 0 Å². The van der Waals surface area contributed by atoms with E-state index < -0.39 is 10.0 Å². The highest BCUT2D eigenvalue weighted by molar-refractivity contribution is 7.89. The first-order valence-corrected chi connectivity index (χ1v) is 13.7. The average Bonchev–Trinajstić information content (AvgIpc) is 2.91. The molecule has 8 nitrogen and oxygen atoms in total. The zero-order valence-electron chi connectivity index (χ0n) is 20.7. The summed E-state index contributed by atoms with van der Waals surface area (Å²) in [4.78, 5) is 9.33. The standard InChI is InChI=1S/C27H31N5O3S.ClH/c1-35-21-13-14-24-23(15-21)26(28)32-27(31-24)29-16-18-9-11-19(12-10-18)17-30-36(33,34)25-8-4-6-20-5-2-3-7-22(20)25;/h2-8,13-15,18-19,30H,9-12,16-17H2,1H3,(H3,28,29,31,32);1H. The second-order valence-electron chi connectivity index (χ2n) is 9.41. The maximum Gasteiger partial charge on any atom is 0.241 e. The number of benzene rings is 3. The van der Waals surface area contributed by atoms with Crippen LogP contribution in [0.25, 0.3) is 21.7 Å². The Labute approximate surface area is 223 Å². The molecule has 4 N–H and O–H groups in total. The van der Waals surface area contributed by atoms with Crippen LogP contribution >= 0.6 is 12.4 Å². The van der Waals surface area contributed by atoms with Gasteiger partial charge in [0.15, 0.2) is 0 Å². The second-order valence-corrected chi connectivity index (χ2v) is 11.1. The monoisotopic (exact) mass is 541 g/mol. The third-order valence-electron chi connectivity index (χ3n) is 7.05. The molecule has 1 aliphatic carbocycles. The lowest BCUT2D eigenvalue weighted by Crippen LogP contribution is -2.32. The summed E-state index contributed by atoms with van der Waals surface area (Å²) in [5.41, 5.74) is 6.92. The number of anilines is 2. The van der Waals surface area contributed by atoms with Crippen LogP contribution in [0.2, 0.25) is 0 Å². The van der Waals surface area contributed by atoms with Gasteiger partial charge in [-0.05, 0) is 67.2 Å². The molecule has 0 aliphatic heterocycles. The minimum atomic E-state index is -3.57. The van der Waals surface area contributed by atoms with Crippen molar-refractivity contribution in [2.24, 2.45) is 11.8 Å². The average molecular weight is 542 g/mol. The SMILES string of the molecule is COc1ccc2nc(NCC3CCC(CNS(=O)(=O)c4cccc5ccccc45)CC3)nc(N)c2c1.Cl. The lowest BCUT2D eigenvalue weighted by atomic mass is 9.82. The van der Waals surface area contributed by atoms with Crippen molar-refractivity contribution in [3.8, 4) is 5.75 Å². The van der Waals surface area contributed by atoms with Crippen LogP contribution in [-0.2, 0) is 10.0 Å². The number of rotatable bonds is 8. The van der Waals surface area contributed by atoms with Gasteiger partial charge in [0.05, 0.1) is 17.5 Å². The number of hydrogen-bond donors (Lipinski definition) is 3. The first-order chi connectivity index (χ1) is 17.4. The van der Waals surface area contributed by atoms with Crippen molar-refractivity contribution in [2.75, 3.05) is 31.2 Å².